The van der Waals surface area contributed by atoms with Gasteiger partial charge < -0.3 is 10.0 Å². The molecule has 0 unspecified atom stereocenters. The number of benzene rings is 1. The number of phenolic OH excluding ortho intramolecular Hbond substituents is 1. The molecule has 0 bridgehead atoms. The molecule has 1 aliphatic rings. The lowest BCUT2D eigenvalue weighted by Crippen LogP contribution is -2.47. The smallest absolute Gasteiger partial charge is 0.272 e. The molecule has 0 saturated carbocycles. The van der Waals surface area contributed by atoms with E-state index in [1.54, 1.807) is 18.2 Å². The monoisotopic (exact) mass is 495 g/mol. The minimum atomic E-state index is -0.481. The van der Waals surface area contributed by atoms with E-state index in [0.717, 1.165) is 6.07 Å². The molecule has 1 aromatic carbocycles. The third-order valence-corrected chi connectivity index (χ3v) is 5.98. The zero-order chi connectivity index (χ0) is 22.8. The highest BCUT2D eigenvalue weighted by molar-refractivity contribution is 9.10. The number of aromatic hydroxyl groups is 1. The summed E-state index contributed by atoms with van der Waals surface area (Å²) in [4.78, 5) is 21.7. The van der Waals surface area contributed by atoms with E-state index in [4.69, 9.17) is 6.42 Å². The summed E-state index contributed by atoms with van der Waals surface area (Å²) in [6, 6.07) is 9.56. The molecule has 32 heavy (non-hydrogen) atoms. The van der Waals surface area contributed by atoms with Crippen molar-refractivity contribution in [2.45, 2.75) is 13.1 Å². The Morgan fingerprint density at radius 2 is 1.97 bits per heavy atom. The highest BCUT2D eigenvalue weighted by Crippen LogP contribution is 2.30. The van der Waals surface area contributed by atoms with Crippen LogP contribution in [0.1, 0.15) is 11.1 Å². The minimum absolute atomic E-state index is 0.0166. The Morgan fingerprint density at radius 1 is 1.22 bits per heavy atom. The third kappa shape index (κ3) is 4.05. The number of piperazine rings is 1. The second-order valence-electron chi connectivity index (χ2n) is 7.47. The minimum Gasteiger partial charge on any atom is -0.508 e. The van der Waals surface area contributed by atoms with Gasteiger partial charge >= 0.3 is 0 Å². The SMILES string of the molecule is C#CCn1c(=O)c(C#N)c(N2CCN(Cc3ccc(F)cc3O)CC2)c2nc(Br)ccc21. The first kappa shape index (κ1) is 21.8. The predicted molar refractivity (Wildman–Crippen MR) is 123 cm³/mol. The van der Waals surface area contributed by atoms with Gasteiger partial charge in [-0.15, -0.1) is 6.42 Å². The number of nitriles is 1. The molecule has 0 aliphatic carbocycles. The fourth-order valence-electron chi connectivity index (χ4n) is 3.98. The zero-order valence-corrected chi connectivity index (χ0v) is 18.6. The number of halogens is 2. The molecule has 9 heteroatoms. The van der Waals surface area contributed by atoms with E-state index in [0.29, 0.717) is 59.6 Å². The molecule has 7 nitrogen and oxygen atoms in total. The number of anilines is 1. The van der Waals surface area contributed by atoms with E-state index >= 15 is 0 Å². The fourth-order valence-corrected chi connectivity index (χ4v) is 4.29. The van der Waals surface area contributed by atoms with Crippen molar-refractivity contribution in [3.63, 3.8) is 0 Å². The third-order valence-electron chi connectivity index (χ3n) is 5.54. The molecule has 0 spiro atoms. The van der Waals surface area contributed by atoms with E-state index in [2.05, 4.69) is 37.8 Å². The van der Waals surface area contributed by atoms with Crippen LogP contribution in [-0.2, 0) is 13.1 Å². The summed E-state index contributed by atoms with van der Waals surface area (Å²) in [5, 5.41) is 19.8. The highest BCUT2D eigenvalue weighted by Gasteiger charge is 2.26. The lowest BCUT2D eigenvalue weighted by atomic mass is 10.1. The van der Waals surface area contributed by atoms with E-state index in [1.165, 1.54) is 10.6 Å². The number of fused-ring (bicyclic) bond motifs is 1. The van der Waals surface area contributed by atoms with Crippen molar-refractivity contribution in [2.24, 2.45) is 0 Å². The lowest BCUT2D eigenvalue weighted by Gasteiger charge is -2.36. The van der Waals surface area contributed by atoms with Crippen LogP contribution in [0.25, 0.3) is 11.0 Å². The Kier molecular flexibility index (Phi) is 6.13. The molecule has 3 aromatic rings. The molecule has 0 atom stereocenters. The lowest BCUT2D eigenvalue weighted by molar-refractivity contribution is 0.246. The largest absolute Gasteiger partial charge is 0.508 e. The van der Waals surface area contributed by atoms with Crippen LogP contribution < -0.4 is 10.5 Å². The molecule has 1 saturated heterocycles. The van der Waals surface area contributed by atoms with Gasteiger partial charge in [0, 0.05) is 44.4 Å². The van der Waals surface area contributed by atoms with Gasteiger partial charge in [-0.25, -0.2) is 9.37 Å². The van der Waals surface area contributed by atoms with Gasteiger partial charge in [0.1, 0.15) is 33.3 Å². The number of terminal acetylenes is 1. The second-order valence-corrected chi connectivity index (χ2v) is 8.28. The van der Waals surface area contributed by atoms with E-state index < -0.39 is 11.4 Å². The summed E-state index contributed by atoms with van der Waals surface area (Å²) in [7, 11) is 0. The first-order chi connectivity index (χ1) is 15.4. The van der Waals surface area contributed by atoms with Crippen LogP contribution in [0.4, 0.5) is 10.1 Å². The van der Waals surface area contributed by atoms with Gasteiger partial charge in [0.15, 0.2) is 0 Å². The van der Waals surface area contributed by atoms with Crippen LogP contribution in [0.5, 0.6) is 5.75 Å². The molecule has 1 fully saturated rings. The Hall–Kier alpha value is -3.40. The van der Waals surface area contributed by atoms with E-state index in [-0.39, 0.29) is 17.9 Å². The maximum atomic E-state index is 13.2. The Morgan fingerprint density at radius 3 is 2.62 bits per heavy atom. The van der Waals surface area contributed by atoms with Crippen LogP contribution >= 0.6 is 15.9 Å². The first-order valence-corrected chi connectivity index (χ1v) is 10.7. The Labute approximate surface area is 192 Å². The quantitative estimate of drug-likeness (QED) is 0.442. The van der Waals surface area contributed by atoms with Gasteiger partial charge in [-0.05, 0) is 34.1 Å². The van der Waals surface area contributed by atoms with Crippen molar-refractivity contribution in [1.82, 2.24) is 14.5 Å². The Balaban J connectivity index is 1.67. The van der Waals surface area contributed by atoms with Crippen LogP contribution in [-0.4, -0.2) is 45.7 Å². The molecular formula is C23H19BrFN5O2. The number of hydrogen-bond donors (Lipinski definition) is 1. The summed E-state index contributed by atoms with van der Waals surface area (Å²) in [5.41, 5.74) is 1.84. The van der Waals surface area contributed by atoms with Gasteiger partial charge in [0.05, 0.1) is 17.7 Å². The number of rotatable bonds is 4. The topological polar surface area (TPSA) is 85.4 Å². The Bertz CT molecular complexity index is 1330. The van der Waals surface area contributed by atoms with Gasteiger partial charge in [-0.1, -0.05) is 12.0 Å². The summed E-state index contributed by atoms with van der Waals surface area (Å²) >= 11 is 3.38. The standard InChI is InChI=1S/C23H19BrFN5O2/c1-2-7-30-18-5-6-20(24)27-21(18)22(17(13-26)23(30)32)29-10-8-28(9-11-29)14-15-3-4-16(25)12-19(15)31/h1,3-6,12,31H,7-11,14H2. The molecule has 162 valence electrons. The second kappa shape index (κ2) is 8.99. The average molecular weight is 496 g/mol. The molecule has 1 aliphatic heterocycles. The summed E-state index contributed by atoms with van der Waals surface area (Å²) in [5.74, 6) is 1.91. The number of nitrogens with zero attached hydrogens (tertiary/aromatic N) is 5. The van der Waals surface area contributed by atoms with E-state index in [1.807, 2.05) is 4.90 Å². The van der Waals surface area contributed by atoms with Gasteiger partial charge in [-0.2, -0.15) is 5.26 Å². The first-order valence-electron chi connectivity index (χ1n) is 9.94. The molecule has 4 rings (SSSR count). The zero-order valence-electron chi connectivity index (χ0n) is 17.1. The molecule has 0 radical (unpaired) electrons. The van der Waals surface area contributed by atoms with Crippen LogP contribution in [0.15, 0.2) is 39.7 Å². The van der Waals surface area contributed by atoms with Crippen molar-refractivity contribution in [3.05, 3.63) is 62.2 Å². The number of phenols is 1. The van der Waals surface area contributed by atoms with Crippen LogP contribution in [0, 0.1) is 29.5 Å². The van der Waals surface area contributed by atoms with Gasteiger partial charge in [-0.3, -0.25) is 14.3 Å². The molecule has 3 heterocycles. The molecule has 2 aromatic heterocycles. The number of hydrogen-bond acceptors (Lipinski definition) is 6. The average Bonchev–Trinajstić information content (AvgIpc) is 2.78. The van der Waals surface area contributed by atoms with Crippen LogP contribution in [0.2, 0.25) is 0 Å². The van der Waals surface area contributed by atoms with Gasteiger partial charge in [0.25, 0.3) is 5.56 Å². The predicted octanol–water partition coefficient (Wildman–Crippen LogP) is 2.83. The number of aromatic nitrogens is 2. The van der Waals surface area contributed by atoms with Crippen molar-refractivity contribution in [3.8, 4) is 24.2 Å². The van der Waals surface area contributed by atoms with Crippen molar-refractivity contribution < 1.29 is 9.50 Å². The van der Waals surface area contributed by atoms with Crippen molar-refractivity contribution in [1.29, 1.82) is 5.26 Å². The highest BCUT2D eigenvalue weighted by atomic mass is 79.9. The summed E-state index contributed by atoms with van der Waals surface area (Å²) in [6.07, 6.45) is 5.44. The molecule has 1 N–H and O–H groups in total. The van der Waals surface area contributed by atoms with Gasteiger partial charge in [0.2, 0.25) is 0 Å². The van der Waals surface area contributed by atoms with Crippen molar-refractivity contribution in [2.75, 3.05) is 31.1 Å². The summed E-state index contributed by atoms with van der Waals surface area (Å²) in [6.45, 7) is 2.88. The van der Waals surface area contributed by atoms with E-state index in [9.17, 15) is 19.6 Å². The number of pyridine rings is 2. The molecular weight excluding hydrogens is 477 g/mol. The summed E-state index contributed by atoms with van der Waals surface area (Å²) < 4.78 is 15.2. The van der Waals surface area contributed by atoms with Crippen LogP contribution in [0.3, 0.4) is 0 Å². The van der Waals surface area contributed by atoms with Crippen molar-refractivity contribution >= 4 is 32.7 Å². The maximum Gasteiger partial charge on any atom is 0.272 e. The fraction of sp³-hybridized carbons (Fsp3) is 0.261. The molecule has 0 amide bonds. The maximum absolute atomic E-state index is 13.2. The normalized spacial score (nSPS) is 14.3.